The summed E-state index contributed by atoms with van der Waals surface area (Å²) >= 11 is 6.71. The van der Waals surface area contributed by atoms with E-state index in [0.717, 1.165) is 14.5 Å². The number of hydrazone groups is 1. The summed E-state index contributed by atoms with van der Waals surface area (Å²) < 4.78 is 7.00. The van der Waals surface area contributed by atoms with Gasteiger partial charge < -0.3 is 4.74 Å². The largest absolute Gasteiger partial charge is 0.423 e. The Morgan fingerprint density at radius 2 is 1.67 bits per heavy atom. The monoisotopic (exact) mass is 526 g/mol. The van der Waals surface area contributed by atoms with E-state index in [1.165, 1.54) is 12.3 Å². The number of hydrogen-bond donors (Lipinski definition) is 1. The van der Waals surface area contributed by atoms with Crippen LogP contribution in [0.3, 0.4) is 0 Å². The van der Waals surface area contributed by atoms with Gasteiger partial charge in [0.1, 0.15) is 5.75 Å². The van der Waals surface area contributed by atoms with E-state index in [1.54, 1.807) is 42.5 Å². The lowest BCUT2D eigenvalue weighted by atomic mass is 10.2. The fourth-order valence-corrected chi connectivity index (χ4v) is 3.22. The van der Waals surface area contributed by atoms with Crippen LogP contribution in [0.5, 0.6) is 5.75 Å². The first-order valence-corrected chi connectivity index (χ1v) is 10.4. The molecule has 0 aliphatic carbocycles. The SMILES string of the molecule is O=C(C=Cc1ccccc1)Oc1ccc(Br)cc1C=NNC(=O)c1cccc(Br)c1. The quantitative estimate of drug-likeness (QED) is 0.149. The van der Waals surface area contributed by atoms with Gasteiger partial charge in [0.2, 0.25) is 0 Å². The molecule has 0 aliphatic heterocycles. The molecule has 150 valence electrons. The van der Waals surface area contributed by atoms with E-state index >= 15 is 0 Å². The molecular formula is C23H16Br2N2O3. The van der Waals surface area contributed by atoms with Crippen LogP contribution in [-0.2, 0) is 4.79 Å². The van der Waals surface area contributed by atoms with Crippen LogP contribution in [-0.4, -0.2) is 18.1 Å². The maximum absolute atomic E-state index is 12.2. The Balaban J connectivity index is 1.68. The van der Waals surface area contributed by atoms with Crippen LogP contribution < -0.4 is 10.2 Å². The highest BCUT2D eigenvalue weighted by atomic mass is 79.9. The minimum Gasteiger partial charge on any atom is -0.423 e. The van der Waals surface area contributed by atoms with Gasteiger partial charge in [-0.2, -0.15) is 5.10 Å². The first-order chi connectivity index (χ1) is 14.5. The molecule has 3 aromatic rings. The van der Waals surface area contributed by atoms with Crippen molar-refractivity contribution in [2.24, 2.45) is 5.10 Å². The van der Waals surface area contributed by atoms with Crippen LogP contribution in [0.2, 0.25) is 0 Å². The van der Waals surface area contributed by atoms with Gasteiger partial charge in [-0.3, -0.25) is 4.79 Å². The minimum absolute atomic E-state index is 0.321. The second-order valence-electron chi connectivity index (χ2n) is 6.06. The number of nitrogens with zero attached hydrogens (tertiary/aromatic N) is 1. The molecule has 0 aromatic heterocycles. The average molecular weight is 528 g/mol. The van der Waals surface area contributed by atoms with E-state index in [4.69, 9.17) is 4.74 Å². The van der Waals surface area contributed by atoms with E-state index < -0.39 is 5.97 Å². The number of nitrogens with one attached hydrogen (secondary N) is 1. The predicted octanol–water partition coefficient (Wildman–Crippen LogP) is 5.59. The molecular weight excluding hydrogens is 512 g/mol. The summed E-state index contributed by atoms with van der Waals surface area (Å²) in [6.45, 7) is 0. The third-order valence-electron chi connectivity index (χ3n) is 3.85. The van der Waals surface area contributed by atoms with Crippen molar-refractivity contribution in [2.45, 2.75) is 0 Å². The van der Waals surface area contributed by atoms with Gasteiger partial charge in [-0.15, -0.1) is 0 Å². The van der Waals surface area contributed by atoms with Crippen LogP contribution in [0.25, 0.3) is 6.08 Å². The number of halogens is 2. The van der Waals surface area contributed by atoms with Crippen molar-refractivity contribution in [1.29, 1.82) is 0 Å². The highest BCUT2D eigenvalue weighted by Gasteiger charge is 2.08. The number of esters is 1. The highest BCUT2D eigenvalue weighted by molar-refractivity contribution is 9.10. The van der Waals surface area contributed by atoms with Crippen LogP contribution in [0.15, 0.2) is 92.9 Å². The van der Waals surface area contributed by atoms with Crippen molar-refractivity contribution < 1.29 is 14.3 Å². The molecule has 30 heavy (non-hydrogen) atoms. The Kier molecular flexibility index (Phi) is 7.70. The molecule has 0 heterocycles. The van der Waals surface area contributed by atoms with Crippen molar-refractivity contribution in [2.75, 3.05) is 0 Å². The van der Waals surface area contributed by atoms with Gasteiger partial charge in [0.15, 0.2) is 0 Å². The van der Waals surface area contributed by atoms with Crippen molar-refractivity contribution >= 4 is 56.0 Å². The van der Waals surface area contributed by atoms with Crippen LogP contribution >= 0.6 is 31.9 Å². The Morgan fingerprint density at radius 3 is 2.43 bits per heavy atom. The number of carbonyl (C=O) groups excluding carboxylic acids is 2. The molecule has 0 aliphatic rings. The van der Waals surface area contributed by atoms with Gasteiger partial charge in [0, 0.05) is 26.1 Å². The zero-order valence-corrected chi connectivity index (χ0v) is 18.8. The fraction of sp³-hybridized carbons (Fsp3) is 0. The van der Waals surface area contributed by atoms with Gasteiger partial charge in [-0.1, -0.05) is 68.3 Å². The molecule has 1 amide bonds. The molecule has 0 fully saturated rings. The summed E-state index contributed by atoms with van der Waals surface area (Å²) in [5.74, 6) is -0.553. The average Bonchev–Trinajstić information content (AvgIpc) is 2.75. The number of amides is 1. The topological polar surface area (TPSA) is 67.8 Å². The second-order valence-corrected chi connectivity index (χ2v) is 7.89. The first-order valence-electron chi connectivity index (χ1n) is 8.85. The number of benzene rings is 3. The van der Waals surface area contributed by atoms with Crippen molar-refractivity contribution in [3.8, 4) is 5.75 Å². The Labute approximate surface area is 190 Å². The summed E-state index contributed by atoms with van der Waals surface area (Å²) in [5.41, 5.74) is 4.35. The molecule has 0 unspecified atom stereocenters. The smallest absolute Gasteiger partial charge is 0.336 e. The lowest BCUT2D eigenvalue weighted by Crippen LogP contribution is -2.17. The number of hydrogen-bond acceptors (Lipinski definition) is 4. The molecule has 3 rings (SSSR count). The molecule has 0 spiro atoms. The highest BCUT2D eigenvalue weighted by Crippen LogP contribution is 2.22. The van der Waals surface area contributed by atoms with Crippen LogP contribution in [0, 0.1) is 0 Å². The van der Waals surface area contributed by atoms with Gasteiger partial charge in [-0.25, -0.2) is 10.2 Å². The van der Waals surface area contributed by atoms with Crippen molar-refractivity contribution in [3.63, 3.8) is 0 Å². The van der Waals surface area contributed by atoms with E-state index in [-0.39, 0.29) is 5.91 Å². The summed E-state index contributed by atoms with van der Waals surface area (Å²) in [5, 5.41) is 3.98. The lowest BCUT2D eigenvalue weighted by Gasteiger charge is -2.06. The summed E-state index contributed by atoms with van der Waals surface area (Å²) in [7, 11) is 0. The molecule has 0 bridgehead atoms. The van der Waals surface area contributed by atoms with Crippen LogP contribution in [0.4, 0.5) is 0 Å². The number of ether oxygens (including phenoxy) is 1. The molecule has 7 heteroatoms. The zero-order chi connectivity index (χ0) is 21.3. The van der Waals surface area contributed by atoms with E-state index in [0.29, 0.717) is 16.9 Å². The lowest BCUT2D eigenvalue weighted by molar-refractivity contribution is -0.128. The fourth-order valence-electron chi connectivity index (χ4n) is 2.44. The molecule has 5 nitrogen and oxygen atoms in total. The van der Waals surface area contributed by atoms with Crippen LogP contribution in [0.1, 0.15) is 21.5 Å². The van der Waals surface area contributed by atoms with E-state index in [2.05, 4.69) is 42.4 Å². The summed E-state index contributed by atoms with van der Waals surface area (Å²) in [6.07, 6.45) is 4.45. The van der Waals surface area contributed by atoms with E-state index in [1.807, 2.05) is 36.4 Å². The van der Waals surface area contributed by atoms with Crippen molar-refractivity contribution in [3.05, 3.63) is 105 Å². The maximum atomic E-state index is 12.2. The van der Waals surface area contributed by atoms with Gasteiger partial charge in [-0.05, 0) is 48.0 Å². The van der Waals surface area contributed by atoms with E-state index in [9.17, 15) is 9.59 Å². The molecule has 1 N–H and O–H groups in total. The molecule has 0 radical (unpaired) electrons. The third-order valence-corrected chi connectivity index (χ3v) is 4.84. The molecule has 0 saturated carbocycles. The number of rotatable bonds is 6. The van der Waals surface area contributed by atoms with Gasteiger partial charge >= 0.3 is 5.97 Å². The third kappa shape index (κ3) is 6.50. The first kappa shape index (κ1) is 21.7. The summed E-state index contributed by atoms with van der Waals surface area (Å²) in [6, 6.07) is 21.5. The standard InChI is InChI=1S/C23H16Br2N2O3/c24-19-8-4-7-17(13-19)23(29)27-26-15-18-14-20(25)10-11-21(18)30-22(28)12-9-16-5-2-1-3-6-16/h1-15H,(H,27,29). The van der Waals surface area contributed by atoms with Crippen molar-refractivity contribution in [1.82, 2.24) is 5.43 Å². The molecule has 0 saturated heterocycles. The minimum atomic E-state index is -0.519. The molecule has 0 atom stereocenters. The number of carbonyl (C=O) groups is 2. The summed E-state index contributed by atoms with van der Waals surface area (Å²) in [4.78, 5) is 24.4. The maximum Gasteiger partial charge on any atom is 0.336 e. The second kappa shape index (κ2) is 10.7. The molecule has 3 aromatic carbocycles. The normalized spacial score (nSPS) is 11.0. The Morgan fingerprint density at radius 1 is 0.900 bits per heavy atom. The van der Waals surface area contributed by atoms with Gasteiger partial charge in [0.05, 0.1) is 6.21 Å². The zero-order valence-electron chi connectivity index (χ0n) is 15.6. The van der Waals surface area contributed by atoms with Gasteiger partial charge in [0.25, 0.3) is 5.91 Å². The predicted molar refractivity (Wildman–Crippen MR) is 124 cm³/mol. The Bertz CT molecular complexity index is 1110. The Hall–Kier alpha value is -3.03.